The molecule has 4 heteroatoms. The molecule has 2 N–H and O–H groups in total. The molecular weight excluding hydrogens is 214 g/mol. The van der Waals surface area contributed by atoms with Gasteiger partial charge in [-0.1, -0.05) is 27.2 Å². The van der Waals surface area contributed by atoms with Crippen molar-refractivity contribution in [3.05, 3.63) is 0 Å². The molecule has 1 heterocycles. The molecule has 100 valence electrons. The molecule has 0 aromatic rings. The maximum absolute atomic E-state index is 12.2. The van der Waals surface area contributed by atoms with Gasteiger partial charge in [-0.3, -0.25) is 9.69 Å². The fourth-order valence-corrected chi connectivity index (χ4v) is 2.37. The second kappa shape index (κ2) is 6.36. The van der Waals surface area contributed by atoms with Gasteiger partial charge in [-0.25, -0.2) is 0 Å². The van der Waals surface area contributed by atoms with Gasteiger partial charge in [0.25, 0.3) is 0 Å². The fourth-order valence-electron chi connectivity index (χ4n) is 2.37. The molecule has 17 heavy (non-hydrogen) atoms. The lowest BCUT2D eigenvalue weighted by Gasteiger charge is -2.40. The van der Waals surface area contributed by atoms with Crippen molar-refractivity contribution in [2.75, 3.05) is 26.2 Å². The van der Waals surface area contributed by atoms with E-state index in [9.17, 15) is 4.79 Å². The van der Waals surface area contributed by atoms with Crippen molar-refractivity contribution >= 4 is 5.91 Å². The Morgan fingerprint density at radius 1 is 1.41 bits per heavy atom. The van der Waals surface area contributed by atoms with Gasteiger partial charge in [0, 0.05) is 25.7 Å². The Balaban J connectivity index is 2.54. The number of carbonyl (C=O) groups excluding carboxylic acids is 1. The van der Waals surface area contributed by atoms with Crippen LogP contribution in [0, 0.1) is 5.92 Å². The van der Waals surface area contributed by atoms with Crippen LogP contribution in [0.25, 0.3) is 0 Å². The highest BCUT2D eigenvalue weighted by molar-refractivity contribution is 5.82. The third-order valence-electron chi connectivity index (χ3n) is 4.03. The van der Waals surface area contributed by atoms with Gasteiger partial charge in [0.2, 0.25) is 5.91 Å². The SMILES string of the molecule is CC[C@H](C)[C@H](N)C(=O)N1CCN(CC)C(C)C1. The summed E-state index contributed by atoms with van der Waals surface area (Å²) in [6.45, 7) is 12.1. The molecular formula is C13H27N3O. The number of carbonyl (C=O) groups is 1. The van der Waals surface area contributed by atoms with Gasteiger partial charge >= 0.3 is 0 Å². The van der Waals surface area contributed by atoms with Crippen LogP contribution < -0.4 is 5.73 Å². The fraction of sp³-hybridized carbons (Fsp3) is 0.923. The third kappa shape index (κ3) is 3.42. The van der Waals surface area contributed by atoms with E-state index in [1.165, 1.54) is 0 Å². The van der Waals surface area contributed by atoms with Crippen molar-refractivity contribution in [2.45, 2.75) is 46.2 Å². The minimum absolute atomic E-state index is 0.127. The van der Waals surface area contributed by atoms with Gasteiger partial charge in [-0.05, 0) is 19.4 Å². The van der Waals surface area contributed by atoms with Gasteiger partial charge in [-0.15, -0.1) is 0 Å². The number of amides is 1. The maximum Gasteiger partial charge on any atom is 0.239 e. The number of piperazine rings is 1. The lowest BCUT2D eigenvalue weighted by Crippen LogP contribution is -2.57. The Morgan fingerprint density at radius 2 is 2.06 bits per heavy atom. The smallest absolute Gasteiger partial charge is 0.239 e. The zero-order valence-corrected chi connectivity index (χ0v) is 11.6. The third-order valence-corrected chi connectivity index (χ3v) is 4.03. The van der Waals surface area contributed by atoms with Gasteiger partial charge in [-0.2, -0.15) is 0 Å². The first kappa shape index (κ1) is 14.5. The molecule has 1 amide bonds. The summed E-state index contributed by atoms with van der Waals surface area (Å²) in [4.78, 5) is 16.6. The predicted octanol–water partition coefficient (Wildman–Crippen LogP) is 0.912. The second-order valence-corrected chi connectivity index (χ2v) is 5.17. The Labute approximate surface area is 105 Å². The van der Waals surface area contributed by atoms with Crippen molar-refractivity contribution in [3.63, 3.8) is 0 Å². The molecule has 1 saturated heterocycles. The van der Waals surface area contributed by atoms with Crippen LogP contribution in [-0.2, 0) is 4.79 Å². The highest BCUT2D eigenvalue weighted by atomic mass is 16.2. The molecule has 1 fully saturated rings. The summed E-state index contributed by atoms with van der Waals surface area (Å²) in [6, 6.07) is 0.113. The van der Waals surface area contributed by atoms with E-state index in [1.54, 1.807) is 0 Å². The van der Waals surface area contributed by atoms with E-state index in [0.717, 1.165) is 32.6 Å². The van der Waals surface area contributed by atoms with Crippen LogP contribution in [0.3, 0.4) is 0 Å². The summed E-state index contributed by atoms with van der Waals surface area (Å²) in [5.74, 6) is 0.393. The first-order chi connectivity index (χ1) is 8.01. The molecule has 0 radical (unpaired) electrons. The standard InChI is InChI=1S/C13H27N3O/c1-5-10(3)12(14)13(17)16-8-7-15(6-2)11(4)9-16/h10-12H,5-9,14H2,1-4H3/t10-,11?,12-/m0/s1. The lowest BCUT2D eigenvalue weighted by molar-refractivity contribution is -0.136. The Kier molecular flexibility index (Phi) is 5.40. The van der Waals surface area contributed by atoms with Crippen LogP contribution in [0.15, 0.2) is 0 Å². The van der Waals surface area contributed by atoms with Crippen LogP contribution >= 0.6 is 0 Å². The van der Waals surface area contributed by atoms with Crippen molar-refractivity contribution in [2.24, 2.45) is 11.7 Å². The van der Waals surface area contributed by atoms with Crippen molar-refractivity contribution in [1.29, 1.82) is 0 Å². The number of nitrogens with two attached hydrogens (primary N) is 1. The molecule has 3 atom stereocenters. The Morgan fingerprint density at radius 3 is 2.53 bits per heavy atom. The molecule has 1 aliphatic rings. The molecule has 1 unspecified atom stereocenters. The number of likely N-dealkylation sites (N-methyl/N-ethyl adjacent to an activating group) is 1. The molecule has 0 aliphatic carbocycles. The van der Waals surface area contributed by atoms with Gasteiger partial charge in [0.15, 0.2) is 0 Å². The van der Waals surface area contributed by atoms with Crippen molar-refractivity contribution in [1.82, 2.24) is 9.80 Å². The van der Waals surface area contributed by atoms with Gasteiger partial charge in [0.05, 0.1) is 6.04 Å². The molecule has 0 bridgehead atoms. The van der Waals surface area contributed by atoms with Crippen LogP contribution in [0.4, 0.5) is 0 Å². The van der Waals surface area contributed by atoms with Crippen LogP contribution in [0.5, 0.6) is 0 Å². The number of nitrogens with zero attached hydrogens (tertiary/aromatic N) is 2. The molecule has 1 aliphatic heterocycles. The van der Waals surface area contributed by atoms with Gasteiger partial charge < -0.3 is 10.6 Å². The van der Waals surface area contributed by atoms with E-state index in [2.05, 4.69) is 25.7 Å². The van der Waals surface area contributed by atoms with E-state index >= 15 is 0 Å². The molecule has 0 aromatic carbocycles. The van der Waals surface area contributed by atoms with E-state index in [0.29, 0.717) is 6.04 Å². The maximum atomic E-state index is 12.2. The van der Waals surface area contributed by atoms with Crippen LogP contribution in [0.1, 0.15) is 34.1 Å². The minimum Gasteiger partial charge on any atom is -0.338 e. The summed E-state index contributed by atoms with van der Waals surface area (Å²) in [5.41, 5.74) is 6.01. The van der Waals surface area contributed by atoms with E-state index in [-0.39, 0.29) is 17.9 Å². The lowest BCUT2D eigenvalue weighted by atomic mass is 9.98. The number of hydrogen-bond acceptors (Lipinski definition) is 3. The van der Waals surface area contributed by atoms with Crippen molar-refractivity contribution in [3.8, 4) is 0 Å². The monoisotopic (exact) mass is 241 g/mol. The Hall–Kier alpha value is -0.610. The second-order valence-electron chi connectivity index (χ2n) is 5.17. The van der Waals surface area contributed by atoms with Crippen molar-refractivity contribution < 1.29 is 4.79 Å². The quantitative estimate of drug-likeness (QED) is 0.796. The van der Waals surface area contributed by atoms with E-state index in [4.69, 9.17) is 5.73 Å². The molecule has 0 spiro atoms. The first-order valence-electron chi connectivity index (χ1n) is 6.79. The molecule has 4 nitrogen and oxygen atoms in total. The number of rotatable bonds is 4. The molecule has 0 aromatic heterocycles. The van der Waals surface area contributed by atoms with E-state index in [1.807, 2.05) is 11.8 Å². The van der Waals surface area contributed by atoms with E-state index < -0.39 is 0 Å². The van der Waals surface area contributed by atoms with Crippen LogP contribution in [-0.4, -0.2) is 54.0 Å². The summed E-state index contributed by atoms with van der Waals surface area (Å²) >= 11 is 0. The summed E-state index contributed by atoms with van der Waals surface area (Å²) in [6.07, 6.45) is 0.956. The normalized spacial score (nSPS) is 25.7. The topological polar surface area (TPSA) is 49.6 Å². The van der Waals surface area contributed by atoms with Gasteiger partial charge in [0.1, 0.15) is 0 Å². The Bertz CT molecular complexity index is 257. The minimum atomic E-state index is -0.333. The number of hydrogen-bond donors (Lipinski definition) is 1. The van der Waals surface area contributed by atoms with Crippen LogP contribution in [0.2, 0.25) is 0 Å². The highest BCUT2D eigenvalue weighted by Crippen LogP contribution is 2.13. The zero-order chi connectivity index (χ0) is 13.0. The molecule has 0 saturated carbocycles. The predicted molar refractivity (Wildman–Crippen MR) is 70.7 cm³/mol. The first-order valence-corrected chi connectivity index (χ1v) is 6.79. The average molecular weight is 241 g/mol. The highest BCUT2D eigenvalue weighted by Gasteiger charge is 2.30. The summed E-state index contributed by atoms with van der Waals surface area (Å²) in [7, 11) is 0. The summed E-state index contributed by atoms with van der Waals surface area (Å²) in [5, 5.41) is 0. The summed E-state index contributed by atoms with van der Waals surface area (Å²) < 4.78 is 0. The molecule has 1 rings (SSSR count). The zero-order valence-electron chi connectivity index (χ0n) is 11.6. The largest absolute Gasteiger partial charge is 0.338 e. The average Bonchev–Trinajstić information content (AvgIpc) is 2.35.